The number of aromatic nitrogens is 2. The van der Waals surface area contributed by atoms with E-state index in [9.17, 15) is 0 Å². The number of nitrogens with one attached hydrogen (secondary N) is 1. The van der Waals surface area contributed by atoms with Crippen LogP contribution in [0.4, 0.5) is 11.5 Å². The normalized spacial score (nSPS) is 10.3. The minimum absolute atomic E-state index is 0.322. The van der Waals surface area contributed by atoms with E-state index in [1.54, 1.807) is 11.8 Å². The number of thiocarbonyl (C=S) groups is 1. The predicted molar refractivity (Wildman–Crippen MR) is 80.1 cm³/mol. The van der Waals surface area contributed by atoms with Gasteiger partial charge < -0.3 is 15.8 Å². The Morgan fingerprint density at radius 1 is 1.42 bits per heavy atom. The van der Waals surface area contributed by atoms with Crippen molar-refractivity contribution >= 4 is 28.7 Å². The Balaban J connectivity index is 2.46. The second-order valence-corrected chi connectivity index (χ2v) is 4.56. The third kappa shape index (κ3) is 2.53. The van der Waals surface area contributed by atoms with E-state index in [2.05, 4.69) is 10.4 Å². The molecule has 0 aliphatic rings. The Bertz CT molecular complexity index is 621. The van der Waals surface area contributed by atoms with Crippen molar-refractivity contribution < 1.29 is 4.74 Å². The van der Waals surface area contributed by atoms with E-state index < -0.39 is 0 Å². The molecule has 1 aromatic heterocycles. The summed E-state index contributed by atoms with van der Waals surface area (Å²) in [6, 6.07) is 7.64. The maximum absolute atomic E-state index is 5.76. The van der Waals surface area contributed by atoms with Crippen molar-refractivity contribution in [2.45, 2.75) is 6.92 Å². The van der Waals surface area contributed by atoms with Crippen LogP contribution in [0.2, 0.25) is 0 Å². The molecule has 0 fully saturated rings. The molecule has 2 rings (SSSR count). The summed E-state index contributed by atoms with van der Waals surface area (Å²) < 4.78 is 7.03. The van der Waals surface area contributed by atoms with Crippen molar-refractivity contribution in [2.24, 2.45) is 12.8 Å². The molecule has 1 aromatic carbocycles. The molecule has 0 spiro atoms. The standard InChI is InChI=1S/C13H16N4OS/c1-8-11(12(14)19)13(17(2)16-8)15-9-6-4-5-7-10(9)18-3/h4-7,15H,1-3H3,(H2,14,19). The van der Waals surface area contributed by atoms with E-state index in [0.717, 1.165) is 28.5 Å². The summed E-state index contributed by atoms with van der Waals surface area (Å²) in [5, 5.41) is 7.60. The lowest BCUT2D eigenvalue weighted by Gasteiger charge is -2.12. The number of nitrogens with two attached hydrogens (primary N) is 1. The number of benzene rings is 1. The average Bonchev–Trinajstić information content (AvgIpc) is 2.65. The molecular weight excluding hydrogens is 260 g/mol. The number of para-hydroxylation sites is 2. The molecule has 0 unspecified atom stereocenters. The Morgan fingerprint density at radius 3 is 2.74 bits per heavy atom. The van der Waals surface area contributed by atoms with Crippen LogP contribution in [0.25, 0.3) is 0 Å². The number of methoxy groups -OCH3 is 1. The van der Waals surface area contributed by atoms with Crippen LogP contribution >= 0.6 is 12.2 Å². The van der Waals surface area contributed by atoms with Gasteiger partial charge in [0.05, 0.1) is 24.1 Å². The van der Waals surface area contributed by atoms with Crippen LogP contribution in [0.15, 0.2) is 24.3 Å². The molecular formula is C13H16N4OS. The number of ether oxygens (including phenoxy) is 1. The zero-order valence-electron chi connectivity index (χ0n) is 11.1. The van der Waals surface area contributed by atoms with Crippen molar-refractivity contribution in [3.63, 3.8) is 0 Å². The Labute approximate surface area is 117 Å². The van der Waals surface area contributed by atoms with Gasteiger partial charge in [0, 0.05) is 7.05 Å². The van der Waals surface area contributed by atoms with Crippen LogP contribution in [0.1, 0.15) is 11.3 Å². The minimum Gasteiger partial charge on any atom is -0.495 e. The molecule has 2 aromatic rings. The Morgan fingerprint density at radius 2 is 2.11 bits per heavy atom. The van der Waals surface area contributed by atoms with Gasteiger partial charge in [-0.2, -0.15) is 5.10 Å². The molecule has 0 radical (unpaired) electrons. The molecule has 0 saturated carbocycles. The highest BCUT2D eigenvalue weighted by molar-refractivity contribution is 7.80. The lowest BCUT2D eigenvalue weighted by molar-refractivity contribution is 0.417. The van der Waals surface area contributed by atoms with Crippen LogP contribution in [0.5, 0.6) is 5.75 Å². The smallest absolute Gasteiger partial charge is 0.142 e. The molecule has 0 aliphatic heterocycles. The fraction of sp³-hybridized carbons (Fsp3) is 0.231. The molecule has 3 N–H and O–H groups in total. The quantitative estimate of drug-likeness (QED) is 0.837. The first-order valence-corrected chi connectivity index (χ1v) is 6.19. The molecule has 19 heavy (non-hydrogen) atoms. The molecule has 100 valence electrons. The largest absolute Gasteiger partial charge is 0.495 e. The van der Waals surface area contributed by atoms with Crippen molar-refractivity contribution in [3.05, 3.63) is 35.5 Å². The monoisotopic (exact) mass is 276 g/mol. The third-order valence-electron chi connectivity index (χ3n) is 2.83. The summed E-state index contributed by atoms with van der Waals surface area (Å²) in [6.45, 7) is 1.88. The van der Waals surface area contributed by atoms with E-state index in [1.165, 1.54) is 0 Å². The number of rotatable bonds is 4. The van der Waals surface area contributed by atoms with Gasteiger partial charge >= 0.3 is 0 Å². The first kappa shape index (κ1) is 13.4. The van der Waals surface area contributed by atoms with Gasteiger partial charge in [-0.3, -0.25) is 4.68 Å². The zero-order valence-corrected chi connectivity index (χ0v) is 11.9. The van der Waals surface area contributed by atoms with Gasteiger partial charge in [-0.15, -0.1) is 0 Å². The highest BCUT2D eigenvalue weighted by atomic mass is 32.1. The van der Waals surface area contributed by atoms with E-state index in [1.807, 2.05) is 38.2 Å². The van der Waals surface area contributed by atoms with Gasteiger partial charge in [-0.05, 0) is 19.1 Å². The van der Waals surface area contributed by atoms with Crippen molar-refractivity contribution in [2.75, 3.05) is 12.4 Å². The SMILES string of the molecule is COc1ccccc1Nc1c(C(N)=S)c(C)nn1C. The minimum atomic E-state index is 0.322. The lowest BCUT2D eigenvalue weighted by Crippen LogP contribution is -2.13. The lowest BCUT2D eigenvalue weighted by atomic mass is 10.2. The van der Waals surface area contributed by atoms with Crippen LogP contribution in [0, 0.1) is 6.92 Å². The summed E-state index contributed by atoms with van der Waals surface area (Å²) in [5.41, 5.74) is 8.15. The second kappa shape index (κ2) is 5.27. The fourth-order valence-electron chi connectivity index (χ4n) is 1.97. The maximum Gasteiger partial charge on any atom is 0.142 e. The highest BCUT2D eigenvalue weighted by Crippen LogP contribution is 2.29. The maximum atomic E-state index is 5.76. The Hall–Kier alpha value is -2.08. The summed E-state index contributed by atoms with van der Waals surface area (Å²) in [7, 11) is 3.47. The first-order valence-electron chi connectivity index (χ1n) is 5.78. The van der Waals surface area contributed by atoms with Crippen LogP contribution in [0.3, 0.4) is 0 Å². The van der Waals surface area contributed by atoms with E-state index >= 15 is 0 Å². The van der Waals surface area contributed by atoms with Gasteiger partial charge in [0.25, 0.3) is 0 Å². The number of anilines is 2. The summed E-state index contributed by atoms with van der Waals surface area (Å²) in [6.07, 6.45) is 0. The van der Waals surface area contributed by atoms with Gasteiger partial charge in [0.15, 0.2) is 0 Å². The highest BCUT2D eigenvalue weighted by Gasteiger charge is 2.16. The summed E-state index contributed by atoms with van der Waals surface area (Å²) in [4.78, 5) is 0.322. The molecule has 0 amide bonds. The van der Waals surface area contributed by atoms with Crippen molar-refractivity contribution in [3.8, 4) is 5.75 Å². The first-order chi connectivity index (χ1) is 9.04. The molecule has 0 atom stereocenters. The number of hydrogen-bond acceptors (Lipinski definition) is 4. The molecule has 1 heterocycles. The van der Waals surface area contributed by atoms with E-state index in [-0.39, 0.29) is 0 Å². The molecule has 6 heteroatoms. The van der Waals surface area contributed by atoms with Gasteiger partial charge in [-0.1, -0.05) is 24.4 Å². The van der Waals surface area contributed by atoms with Crippen molar-refractivity contribution in [1.82, 2.24) is 9.78 Å². The fourth-order valence-corrected chi connectivity index (χ4v) is 2.22. The van der Waals surface area contributed by atoms with Crippen LogP contribution in [-0.4, -0.2) is 21.9 Å². The molecule has 0 bridgehead atoms. The topological polar surface area (TPSA) is 65.1 Å². The van der Waals surface area contributed by atoms with Crippen LogP contribution < -0.4 is 15.8 Å². The van der Waals surface area contributed by atoms with Gasteiger partial charge in [-0.25, -0.2) is 0 Å². The Kier molecular flexibility index (Phi) is 3.71. The third-order valence-corrected chi connectivity index (χ3v) is 3.03. The number of hydrogen-bond donors (Lipinski definition) is 2. The zero-order chi connectivity index (χ0) is 14.0. The predicted octanol–water partition coefficient (Wildman–Crippen LogP) is 2.11. The van der Waals surface area contributed by atoms with E-state index in [0.29, 0.717) is 4.99 Å². The van der Waals surface area contributed by atoms with E-state index in [4.69, 9.17) is 22.7 Å². The van der Waals surface area contributed by atoms with Gasteiger partial charge in [0.1, 0.15) is 16.6 Å². The van der Waals surface area contributed by atoms with Crippen molar-refractivity contribution in [1.29, 1.82) is 0 Å². The molecule has 0 aliphatic carbocycles. The molecule has 5 nitrogen and oxygen atoms in total. The van der Waals surface area contributed by atoms with Gasteiger partial charge in [0.2, 0.25) is 0 Å². The number of aryl methyl sites for hydroxylation is 2. The number of nitrogens with zero attached hydrogens (tertiary/aromatic N) is 2. The summed E-state index contributed by atoms with van der Waals surface area (Å²) >= 11 is 5.08. The second-order valence-electron chi connectivity index (χ2n) is 4.12. The van der Waals surface area contributed by atoms with Crippen LogP contribution in [-0.2, 0) is 7.05 Å². The molecule has 0 saturated heterocycles. The summed E-state index contributed by atoms with van der Waals surface area (Å²) in [5.74, 6) is 1.50. The average molecular weight is 276 g/mol.